The van der Waals surface area contributed by atoms with Gasteiger partial charge in [0, 0.05) is 62.2 Å². The molecule has 0 bridgehead atoms. The minimum Gasteiger partial charge on any atom is -0.506 e. The van der Waals surface area contributed by atoms with E-state index in [1.54, 1.807) is 0 Å². The Kier molecular flexibility index (Phi) is 5.85. The number of ether oxygens (including phenoxy) is 1. The molecule has 1 spiro atoms. The smallest absolute Gasteiger partial charge is 0.307 e. The molecule has 2 saturated heterocycles. The molecule has 176 valence electrons. The average Bonchev–Trinajstić information content (AvgIpc) is 3.30. The summed E-state index contributed by atoms with van der Waals surface area (Å²) < 4.78 is 6.34. The van der Waals surface area contributed by atoms with Gasteiger partial charge in [0.25, 0.3) is 0 Å². The van der Waals surface area contributed by atoms with E-state index < -0.39 is 12.1 Å². The minimum absolute atomic E-state index is 0.0870. The fourth-order valence-electron chi connectivity index (χ4n) is 5.46. The topological polar surface area (TPSA) is 93.5 Å². The zero-order chi connectivity index (χ0) is 23.3. The van der Waals surface area contributed by atoms with Crippen LogP contribution in [0.25, 0.3) is 0 Å². The fourth-order valence-corrected chi connectivity index (χ4v) is 5.84. The third kappa shape index (κ3) is 4.35. The van der Waals surface area contributed by atoms with Gasteiger partial charge in [0.15, 0.2) is 0 Å². The van der Waals surface area contributed by atoms with Crippen LogP contribution in [0.15, 0.2) is 30.3 Å². The van der Waals surface area contributed by atoms with Crippen molar-refractivity contribution in [1.29, 1.82) is 0 Å². The molecule has 3 aliphatic rings. The molecule has 9 heteroatoms. The lowest BCUT2D eigenvalue weighted by Crippen LogP contribution is -2.53. The average molecular weight is 493 g/mol. The first kappa shape index (κ1) is 22.6. The number of carbonyl (C=O) groups is 1. The summed E-state index contributed by atoms with van der Waals surface area (Å²) in [4.78, 5) is 15.6. The standard InChI is InChI=1S/C24H26Cl2N2O5/c25-16-1-2-22-15(7-16)11-24(33-22)3-5-27(6-4-24)19-12-28(13-21(19)30)18-10-20(29)17(26)8-14(18)9-23(31)32/h1-2,7-8,10,19,21,29-30H,3-6,9,11-13H2,(H,31,32). The van der Waals surface area contributed by atoms with Crippen LogP contribution >= 0.6 is 23.2 Å². The van der Waals surface area contributed by atoms with Crippen molar-refractivity contribution in [1.82, 2.24) is 4.90 Å². The quantitative estimate of drug-likeness (QED) is 0.602. The lowest BCUT2D eigenvalue weighted by atomic mass is 9.86. The first-order chi connectivity index (χ1) is 15.7. The Balaban J connectivity index is 1.28. The molecular formula is C24H26Cl2N2O5. The zero-order valence-corrected chi connectivity index (χ0v) is 19.5. The molecule has 0 amide bonds. The van der Waals surface area contributed by atoms with Crippen LogP contribution in [0.4, 0.5) is 5.69 Å². The highest BCUT2D eigenvalue weighted by atomic mass is 35.5. The van der Waals surface area contributed by atoms with E-state index >= 15 is 0 Å². The van der Waals surface area contributed by atoms with Crippen LogP contribution < -0.4 is 9.64 Å². The summed E-state index contributed by atoms with van der Waals surface area (Å²) in [6, 6.07) is 8.67. The predicted octanol–water partition coefficient (Wildman–Crippen LogP) is 3.35. The number of rotatable bonds is 4. The predicted molar refractivity (Wildman–Crippen MR) is 126 cm³/mol. The number of carboxylic acid groups (broad SMARTS) is 1. The molecule has 2 aromatic carbocycles. The Labute approximate surface area is 202 Å². The first-order valence-corrected chi connectivity index (χ1v) is 11.9. The third-order valence-electron chi connectivity index (χ3n) is 7.13. The van der Waals surface area contributed by atoms with Crippen LogP contribution in [0, 0.1) is 0 Å². The molecule has 3 heterocycles. The highest BCUT2D eigenvalue weighted by molar-refractivity contribution is 6.32. The Morgan fingerprint density at radius 1 is 1.15 bits per heavy atom. The van der Waals surface area contributed by atoms with Crippen molar-refractivity contribution in [2.75, 3.05) is 31.1 Å². The second kappa shape index (κ2) is 8.55. The van der Waals surface area contributed by atoms with Gasteiger partial charge in [-0.25, -0.2) is 0 Å². The van der Waals surface area contributed by atoms with Crippen molar-refractivity contribution >= 4 is 34.9 Å². The van der Waals surface area contributed by atoms with Crippen molar-refractivity contribution in [3.05, 3.63) is 51.5 Å². The van der Waals surface area contributed by atoms with Crippen LogP contribution in [0.5, 0.6) is 11.5 Å². The monoisotopic (exact) mass is 492 g/mol. The molecule has 0 aliphatic carbocycles. The summed E-state index contributed by atoms with van der Waals surface area (Å²) in [5.74, 6) is -0.167. The van der Waals surface area contributed by atoms with E-state index in [2.05, 4.69) is 4.90 Å². The molecule has 3 aliphatic heterocycles. The van der Waals surface area contributed by atoms with Gasteiger partial charge in [0.1, 0.15) is 17.1 Å². The molecule has 0 aromatic heterocycles. The van der Waals surface area contributed by atoms with E-state index in [1.165, 1.54) is 12.1 Å². The molecule has 2 fully saturated rings. The molecule has 33 heavy (non-hydrogen) atoms. The molecule has 5 rings (SSSR count). The maximum Gasteiger partial charge on any atom is 0.307 e. The number of nitrogens with zero attached hydrogens (tertiary/aromatic N) is 2. The molecule has 2 unspecified atom stereocenters. The number of hydrogen-bond acceptors (Lipinski definition) is 6. The van der Waals surface area contributed by atoms with Gasteiger partial charge in [0.2, 0.25) is 0 Å². The van der Waals surface area contributed by atoms with E-state index in [0.717, 1.165) is 48.7 Å². The van der Waals surface area contributed by atoms with Crippen LogP contribution in [0.3, 0.4) is 0 Å². The number of phenols is 1. The number of aliphatic hydroxyl groups is 1. The number of aliphatic carboxylic acids is 1. The molecule has 0 radical (unpaired) electrons. The summed E-state index contributed by atoms with van der Waals surface area (Å²) in [6.07, 6.45) is 1.76. The van der Waals surface area contributed by atoms with Crippen LogP contribution in [-0.4, -0.2) is 70.1 Å². The number of aromatic hydroxyl groups is 1. The molecule has 7 nitrogen and oxygen atoms in total. The van der Waals surface area contributed by atoms with Crippen LogP contribution in [0.2, 0.25) is 10.0 Å². The molecule has 0 saturated carbocycles. The summed E-state index contributed by atoms with van der Waals surface area (Å²) in [5.41, 5.74) is 2.05. The summed E-state index contributed by atoms with van der Waals surface area (Å²) in [6.45, 7) is 2.50. The molecule has 3 N–H and O–H groups in total. The molecular weight excluding hydrogens is 467 g/mol. The number of anilines is 1. The minimum atomic E-state index is -0.977. The Morgan fingerprint density at radius 3 is 2.64 bits per heavy atom. The lowest BCUT2D eigenvalue weighted by Gasteiger charge is -2.41. The second-order valence-electron chi connectivity index (χ2n) is 9.29. The lowest BCUT2D eigenvalue weighted by molar-refractivity contribution is -0.136. The second-order valence-corrected chi connectivity index (χ2v) is 10.1. The number of piperidine rings is 1. The Hall–Kier alpha value is -2.19. The van der Waals surface area contributed by atoms with Crippen molar-refractivity contribution in [2.45, 2.75) is 43.4 Å². The van der Waals surface area contributed by atoms with Gasteiger partial charge in [-0.05, 0) is 35.4 Å². The normalized spacial score (nSPS) is 24.2. The van der Waals surface area contributed by atoms with Gasteiger partial charge in [-0.1, -0.05) is 23.2 Å². The van der Waals surface area contributed by atoms with Gasteiger partial charge in [-0.2, -0.15) is 0 Å². The Morgan fingerprint density at radius 2 is 1.91 bits per heavy atom. The maximum atomic E-state index is 11.3. The van der Waals surface area contributed by atoms with E-state index in [1.807, 2.05) is 23.1 Å². The largest absolute Gasteiger partial charge is 0.506 e. The highest BCUT2D eigenvalue weighted by Gasteiger charge is 2.45. The summed E-state index contributed by atoms with van der Waals surface area (Å²) in [7, 11) is 0. The number of fused-ring (bicyclic) bond motifs is 1. The molecule has 2 atom stereocenters. The van der Waals surface area contributed by atoms with Crippen LogP contribution in [-0.2, 0) is 17.6 Å². The first-order valence-electron chi connectivity index (χ1n) is 11.1. The van der Waals surface area contributed by atoms with Crippen molar-refractivity contribution in [3.8, 4) is 11.5 Å². The highest BCUT2D eigenvalue weighted by Crippen LogP contribution is 2.43. The van der Waals surface area contributed by atoms with E-state index in [0.29, 0.717) is 24.3 Å². The fraction of sp³-hybridized carbons (Fsp3) is 0.458. The Bertz CT molecular complexity index is 1090. The number of hydrogen-bond donors (Lipinski definition) is 3. The third-order valence-corrected chi connectivity index (χ3v) is 7.67. The van der Waals surface area contributed by atoms with Crippen molar-refractivity contribution in [2.24, 2.45) is 0 Å². The van der Waals surface area contributed by atoms with Crippen molar-refractivity contribution < 1.29 is 24.9 Å². The van der Waals surface area contributed by atoms with E-state index in [4.69, 9.17) is 27.9 Å². The summed E-state index contributed by atoms with van der Waals surface area (Å²) >= 11 is 12.2. The number of phenolic OH excluding ortho intramolecular Hbond substituents is 1. The van der Waals surface area contributed by atoms with Gasteiger partial charge in [0.05, 0.1) is 23.6 Å². The van der Waals surface area contributed by atoms with Gasteiger partial charge in [-0.15, -0.1) is 0 Å². The van der Waals surface area contributed by atoms with E-state index in [-0.39, 0.29) is 28.8 Å². The number of likely N-dealkylation sites (tertiary alicyclic amines) is 1. The van der Waals surface area contributed by atoms with Crippen LogP contribution in [0.1, 0.15) is 24.0 Å². The summed E-state index contributed by atoms with van der Waals surface area (Å²) in [5, 5.41) is 31.1. The van der Waals surface area contributed by atoms with Crippen molar-refractivity contribution in [3.63, 3.8) is 0 Å². The maximum absolute atomic E-state index is 11.3. The molecule has 2 aromatic rings. The number of β-amino-alcohol motifs (C(OH)–C–C–N with tert-alkyl or cyclic N) is 1. The number of aliphatic hydroxyl groups excluding tert-OH is 1. The zero-order valence-electron chi connectivity index (χ0n) is 18.0. The number of carboxylic acids is 1. The van der Waals surface area contributed by atoms with Gasteiger partial charge in [-0.3, -0.25) is 9.69 Å². The van der Waals surface area contributed by atoms with Gasteiger partial charge < -0.3 is 25.0 Å². The van der Waals surface area contributed by atoms with Gasteiger partial charge >= 0.3 is 5.97 Å². The number of halogens is 2. The number of benzene rings is 2. The van der Waals surface area contributed by atoms with E-state index in [9.17, 15) is 20.1 Å². The SMILES string of the molecule is O=C(O)Cc1cc(Cl)c(O)cc1N1CC(O)C(N2CCC3(CC2)Cc2cc(Cl)ccc2O3)C1.